The third-order valence-corrected chi connectivity index (χ3v) is 4.52. The molecule has 6 heteroatoms. The second-order valence-electron chi connectivity index (χ2n) is 7.58. The van der Waals surface area contributed by atoms with Crippen molar-refractivity contribution in [3.05, 3.63) is 24.3 Å². The van der Waals surface area contributed by atoms with Crippen LogP contribution in [0.5, 0.6) is 5.75 Å². The maximum absolute atomic E-state index is 11.9. The van der Waals surface area contributed by atoms with Gasteiger partial charge in [-0.3, -0.25) is 4.79 Å². The highest BCUT2D eigenvalue weighted by Crippen LogP contribution is 2.36. The average Bonchev–Trinajstić information content (AvgIpc) is 2.67. The van der Waals surface area contributed by atoms with Gasteiger partial charge in [-0.2, -0.15) is 0 Å². The summed E-state index contributed by atoms with van der Waals surface area (Å²) in [4.78, 5) is 11.9. The van der Waals surface area contributed by atoms with Crippen LogP contribution in [0.2, 0.25) is 0 Å². The molecule has 1 saturated heterocycles. The Morgan fingerprint density at radius 2 is 1.54 bits per heavy atom. The van der Waals surface area contributed by atoms with Crippen LogP contribution >= 0.6 is 0 Å². The molecule has 0 aliphatic carbocycles. The molecule has 1 fully saturated rings. The molecule has 0 saturated carbocycles. The van der Waals surface area contributed by atoms with E-state index >= 15 is 0 Å². The van der Waals surface area contributed by atoms with Crippen molar-refractivity contribution in [3.8, 4) is 5.75 Å². The van der Waals surface area contributed by atoms with Gasteiger partial charge in [-0.25, -0.2) is 0 Å². The van der Waals surface area contributed by atoms with Crippen LogP contribution in [-0.2, 0) is 14.1 Å². The fraction of sp³-hybridized carbons (Fsp3) is 0.611. The maximum atomic E-state index is 11.9. The number of benzene rings is 1. The van der Waals surface area contributed by atoms with Crippen LogP contribution in [0.3, 0.4) is 0 Å². The highest BCUT2D eigenvalue weighted by atomic mass is 16.7. The smallest absolute Gasteiger partial charge is 0.481 e. The fourth-order valence-electron chi connectivity index (χ4n) is 2.34. The van der Waals surface area contributed by atoms with Crippen molar-refractivity contribution in [3.63, 3.8) is 0 Å². The molecule has 5 nitrogen and oxygen atoms in total. The summed E-state index contributed by atoms with van der Waals surface area (Å²) in [6.07, 6.45) is -0.546. The standard InChI is InChI=1S/C18H28BNO4/c1-12(2)20-16(21)13(3)22-15-10-8-14(9-11-15)19-23-17(4,5)18(6,7)24-19/h8-13H,1-7H3,(H,20,21). The van der Waals surface area contributed by atoms with Crippen LogP contribution in [0.4, 0.5) is 0 Å². The molecule has 0 radical (unpaired) electrons. The second kappa shape index (κ2) is 6.77. The zero-order chi connectivity index (χ0) is 18.1. The Kier molecular flexibility index (Phi) is 5.30. The number of carbonyl (C=O) groups is 1. The molecule has 1 atom stereocenters. The first-order valence-electron chi connectivity index (χ1n) is 8.44. The normalized spacial score (nSPS) is 20.1. The minimum absolute atomic E-state index is 0.0919. The molecule has 1 aliphatic rings. The van der Waals surface area contributed by atoms with Crippen molar-refractivity contribution >= 4 is 18.5 Å². The average molecular weight is 333 g/mol. The molecule has 1 unspecified atom stereocenters. The topological polar surface area (TPSA) is 56.8 Å². The summed E-state index contributed by atoms with van der Waals surface area (Å²) in [5, 5.41) is 2.83. The van der Waals surface area contributed by atoms with Gasteiger partial charge in [0.1, 0.15) is 5.75 Å². The summed E-state index contributed by atoms with van der Waals surface area (Å²) in [6, 6.07) is 7.57. The van der Waals surface area contributed by atoms with Gasteiger partial charge in [0, 0.05) is 6.04 Å². The fourth-order valence-corrected chi connectivity index (χ4v) is 2.34. The predicted molar refractivity (Wildman–Crippen MR) is 95.5 cm³/mol. The summed E-state index contributed by atoms with van der Waals surface area (Å²) < 4.78 is 17.7. The van der Waals surface area contributed by atoms with Crippen molar-refractivity contribution in [2.24, 2.45) is 0 Å². The van der Waals surface area contributed by atoms with Crippen molar-refractivity contribution in [1.29, 1.82) is 0 Å². The first-order valence-corrected chi connectivity index (χ1v) is 8.44. The molecular formula is C18H28BNO4. The van der Waals surface area contributed by atoms with Crippen molar-refractivity contribution in [2.75, 3.05) is 0 Å². The Bertz CT molecular complexity index is 567. The largest absolute Gasteiger partial charge is 0.494 e. The highest BCUT2D eigenvalue weighted by Gasteiger charge is 2.51. The lowest BCUT2D eigenvalue weighted by molar-refractivity contribution is -0.127. The van der Waals surface area contributed by atoms with E-state index in [0.717, 1.165) is 5.46 Å². The quantitative estimate of drug-likeness (QED) is 0.840. The minimum atomic E-state index is -0.546. The van der Waals surface area contributed by atoms with Crippen molar-refractivity contribution in [1.82, 2.24) is 5.32 Å². The second-order valence-corrected chi connectivity index (χ2v) is 7.58. The molecule has 1 heterocycles. The first-order chi connectivity index (χ1) is 11.0. The van der Waals surface area contributed by atoms with Gasteiger partial charge >= 0.3 is 7.12 Å². The van der Waals surface area contributed by atoms with E-state index < -0.39 is 13.2 Å². The van der Waals surface area contributed by atoms with Crippen LogP contribution in [-0.4, -0.2) is 36.4 Å². The molecular weight excluding hydrogens is 305 g/mol. The van der Waals surface area contributed by atoms with Gasteiger partial charge in [0.15, 0.2) is 6.10 Å². The van der Waals surface area contributed by atoms with Crippen LogP contribution in [0.25, 0.3) is 0 Å². The van der Waals surface area contributed by atoms with Crippen LogP contribution in [0, 0.1) is 0 Å². The number of carbonyl (C=O) groups excluding carboxylic acids is 1. The molecule has 1 aromatic rings. The number of ether oxygens (including phenoxy) is 1. The number of hydrogen-bond donors (Lipinski definition) is 1. The number of rotatable bonds is 5. The van der Waals surface area contributed by atoms with E-state index in [9.17, 15) is 4.79 Å². The van der Waals surface area contributed by atoms with E-state index in [0.29, 0.717) is 5.75 Å². The Hall–Kier alpha value is -1.53. The predicted octanol–water partition coefficient (Wildman–Crippen LogP) is 2.28. The molecule has 24 heavy (non-hydrogen) atoms. The molecule has 1 amide bonds. The van der Waals surface area contributed by atoms with Gasteiger partial charge in [-0.05, 0) is 66.1 Å². The summed E-state index contributed by atoms with van der Waals surface area (Å²) >= 11 is 0. The first kappa shape index (κ1) is 18.8. The van der Waals surface area contributed by atoms with Gasteiger partial charge in [-0.15, -0.1) is 0 Å². The lowest BCUT2D eigenvalue weighted by atomic mass is 9.79. The monoisotopic (exact) mass is 333 g/mol. The summed E-state index contributed by atoms with van der Waals surface area (Å²) in [7, 11) is -0.397. The van der Waals surface area contributed by atoms with Crippen molar-refractivity contribution < 1.29 is 18.8 Å². The Morgan fingerprint density at radius 1 is 1.04 bits per heavy atom. The van der Waals surface area contributed by atoms with Crippen molar-refractivity contribution in [2.45, 2.75) is 71.8 Å². The molecule has 1 N–H and O–H groups in total. The van der Waals surface area contributed by atoms with Crippen LogP contribution in [0.1, 0.15) is 48.5 Å². The number of hydrogen-bond acceptors (Lipinski definition) is 4. The minimum Gasteiger partial charge on any atom is -0.481 e. The van der Waals surface area contributed by atoms with E-state index in [1.54, 1.807) is 6.92 Å². The van der Waals surface area contributed by atoms with Crippen LogP contribution < -0.4 is 15.5 Å². The summed E-state index contributed by atoms with van der Waals surface area (Å²) in [5.74, 6) is 0.515. The lowest BCUT2D eigenvalue weighted by Crippen LogP contribution is -2.41. The highest BCUT2D eigenvalue weighted by molar-refractivity contribution is 6.62. The zero-order valence-electron chi connectivity index (χ0n) is 15.7. The molecule has 1 aliphatic heterocycles. The van der Waals surface area contributed by atoms with E-state index in [1.165, 1.54) is 0 Å². The third-order valence-electron chi connectivity index (χ3n) is 4.52. The van der Waals surface area contributed by atoms with Gasteiger partial charge in [-0.1, -0.05) is 12.1 Å². The molecule has 132 valence electrons. The van der Waals surface area contributed by atoms with Gasteiger partial charge in [0.05, 0.1) is 11.2 Å². The van der Waals surface area contributed by atoms with E-state index in [-0.39, 0.29) is 23.2 Å². The van der Waals surface area contributed by atoms with E-state index in [2.05, 4.69) is 5.32 Å². The molecule has 0 aromatic heterocycles. The SMILES string of the molecule is CC(C)NC(=O)C(C)Oc1ccc(B2OC(C)(C)C(C)(C)O2)cc1. The van der Waals surface area contributed by atoms with E-state index in [4.69, 9.17) is 14.0 Å². The molecule has 0 spiro atoms. The van der Waals surface area contributed by atoms with Gasteiger partial charge < -0.3 is 19.4 Å². The maximum Gasteiger partial charge on any atom is 0.494 e. The number of nitrogens with one attached hydrogen (secondary N) is 1. The Morgan fingerprint density at radius 3 is 2.00 bits per heavy atom. The lowest BCUT2D eigenvalue weighted by Gasteiger charge is -2.32. The summed E-state index contributed by atoms with van der Waals surface area (Å²) in [5.41, 5.74) is 0.201. The van der Waals surface area contributed by atoms with Crippen LogP contribution in [0.15, 0.2) is 24.3 Å². The van der Waals surface area contributed by atoms with Gasteiger partial charge in [0.25, 0.3) is 5.91 Å². The Labute approximate surface area is 145 Å². The number of amides is 1. The molecule has 2 rings (SSSR count). The molecule has 1 aromatic carbocycles. The van der Waals surface area contributed by atoms with E-state index in [1.807, 2.05) is 65.8 Å². The summed E-state index contributed by atoms with van der Waals surface area (Å²) in [6.45, 7) is 13.7. The zero-order valence-corrected chi connectivity index (χ0v) is 15.7. The third kappa shape index (κ3) is 4.11. The Balaban J connectivity index is 2.00. The van der Waals surface area contributed by atoms with Gasteiger partial charge in [0.2, 0.25) is 0 Å². The molecule has 0 bridgehead atoms.